The van der Waals surface area contributed by atoms with E-state index >= 15 is 0 Å². The van der Waals surface area contributed by atoms with Crippen LogP contribution in [-0.2, 0) is 9.53 Å². The Balaban J connectivity index is 1.91. The molecule has 0 radical (unpaired) electrons. The van der Waals surface area contributed by atoms with Crippen LogP contribution in [0.2, 0.25) is 0 Å². The van der Waals surface area contributed by atoms with Crippen molar-refractivity contribution in [2.45, 2.75) is 71.7 Å². The van der Waals surface area contributed by atoms with Crippen LogP contribution in [0.3, 0.4) is 0 Å². The van der Waals surface area contributed by atoms with E-state index in [0.717, 1.165) is 35.8 Å². The zero-order valence-corrected chi connectivity index (χ0v) is 17.8. The average molecular weight is 383 g/mol. The minimum Gasteiger partial charge on any atom is -0.393 e. The van der Waals surface area contributed by atoms with Gasteiger partial charge in [0, 0.05) is 18.3 Å². The quantitative estimate of drug-likeness (QED) is 0.347. The highest BCUT2D eigenvalue weighted by Crippen LogP contribution is 2.59. The molecule has 3 nitrogen and oxygen atoms in total. The molecule has 1 saturated heterocycles. The molecule has 28 heavy (non-hydrogen) atoms. The molecule has 1 aliphatic carbocycles. The lowest BCUT2D eigenvalue weighted by Gasteiger charge is -2.36. The maximum absolute atomic E-state index is 10.4. The fraction of sp³-hybridized carbons (Fsp3) is 0.480. The maximum atomic E-state index is 10.4. The van der Waals surface area contributed by atoms with E-state index in [1.165, 1.54) is 0 Å². The van der Waals surface area contributed by atoms with Crippen LogP contribution in [0.15, 0.2) is 71.4 Å². The number of hydrogen-bond donors (Lipinski definition) is 1. The largest absolute Gasteiger partial charge is 0.393 e. The number of aliphatic hydroxyl groups excluding tert-OH is 1. The lowest BCUT2D eigenvalue weighted by atomic mass is 9.67. The summed E-state index contributed by atoms with van der Waals surface area (Å²) in [5.41, 5.74) is 3.10. The fourth-order valence-electron chi connectivity index (χ4n) is 3.82. The summed E-state index contributed by atoms with van der Waals surface area (Å²) in [6, 6.07) is 0. The second-order valence-corrected chi connectivity index (χ2v) is 8.66. The van der Waals surface area contributed by atoms with Gasteiger partial charge in [0.05, 0.1) is 12.2 Å². The Bertz CT molecular complexity index is 746. The first kappa shape index (κ1) is 22.3. The van der Waals surface area contributed by atoms with Gasteiger partial charge in [-0.3, -0.25) is 0 Å². The zero-order valence-electron chi connectivity index (χ0n) is 17.8. The van der Waals surface area contributed by atoms with Crippen molar-refractivity contribution >= 4 is 6.29 Å². The highest BCUT2D eigenvalue weighted by molar-refractivity contribution is 5.54. The van der Waals surface area contributed by atoms with Crippen molar-refractivity contribution in [3.63, 3.8) is 0 Å². The van der Waals surface area contributed by atoms with Gasteiger partial charge in [-0.25, -0.2) is 0 Å². The standard InChI is InChI=1S/C25H34O3/c1-19(9-6-7-10-21(3)14-16-26)11-8-12-20(2)13-15-25-23(28-25)17-22(27)18-24(25,4)5/h6-13,15-16,22-23,27H,14,17-18H2,1-5H3/b7-6+,11-8+,15-13+,19-9+,20-12+,21-10+/t22-,23?,25-/m0/s1. The summed E-state index contributed by atoms with van der Waals surface area (Å²) in [5, 5.41) is 9.98. The number of rotatable bonds is 8. The van der Waals surface area contributed by atoms with Crippen molar-refractivity contribution in [1.82, 2.24) is 0 Å². The molecule has 3 atom stereocenters. The molecule has 0 aromatic carbocycles. The monoisotopic (exact) mass is 382 g/mol. The lowest BCUT2D eigenvalue weighted by molar-refractivity contribution is -0.107. The van der Waals surface area contributed by atoms with Crippen LogP contribution in [0.4, 0.5) is 0 Å². The molecule has 0 aromatic rings. The smallest absolute Gasteiger partial charge is 0.124 e. The van der Waals surface area contributed by atoms with Crippen LogP contribution >= 0.6 is 0 Å². The molecule has 152 valence electrons. The molecule has 3 heteroatoms. The summed E-state index contributed by atoms with van der Waals surface area (Å²) in [6.07, 6.45) is 21.2. The van der Waals surface area contributed by atoms with Crippen LogP contribution < -0.4 is 0 Å². The molecule has 1 unspecified atom stereocenters. The van der Waals surface area contributed by atoms with Crippen LogP contribution in [0.1, 0.15) is 53.9 Å². The minimum atomic E-state index is -0.253. The van der Waals surface area contributed by atoms with Gasteiger partial charge in [-0.05, 0) is 33.3 Å². The number of ether oxygens (including phenoxy) is 1. The molecule has 1 N–H and O–H groups in total. The van der Waals surface area contributed by atoms with Crippen molar-refractivity contribution in [2.75, 3.05) is 0 Å². The average Bonchev–Trinajstić information content (AvgIpc) is 3.32. The highest BCUT2D eigenvalue weighted by Gasteiger charge is 2.66. The Morgan fingerprint density at radius 1 is 1.04 bits per heavy atom. The lowest BCUT2D eigenvalue weighted by Crippen LogP contribution is -2.41. The molecule has 1 aliphatic heterocycles. The molecule has 2 rings (SSSR count). The van der Waals surface area contributed by atoms with E-state index < -0.39 is 0 Å². The van der Waals surface area contributed by atoms with E-state index in [1.54, 1.807) is 0 Å². The van der Waals surface area contributed by atoms with Gasteiger partial charge in [-0.1, -0.05) is 79.2 Å². The zero-order chi connectivity index (χ0) is 20.8. The van der Waals surface area contributed by atoms with Gasteiger partial charge in [0.2, 0.25) is 0 Å². The summed E-state index contributed by atoms with van der Waals surface area (Å²) in [5.74, 6) is 0. The molecule has 0 spiro atoms. The molecule has 0 aromatic heterocycles. The predicted octanol–water partition coefficient (Wildman–Crippen LogP) is 5.40. The number of epoxide rings is 1. The number of hydrogen-bond acceptors (Lipinski definition) is 3. The minimum absolute atomic E-state index is 0.0495. The first-order valence-corrected chi connectivity index (χ1v) is 10.0. The van der Waals surface area contributed by atoms with E-state index in [0.29, 0.717) is 6.42 Å². The Hall–Kier alpha value is -1.97. The van der Waals surface area contributed by atoms with Gasteiger partial charge in [-0.15, -0.1) is 0 Å². The number of carbonyl (C=O) groups excluding carboxylic acids is 1. The van der Waals surface area contributed by atoms with Crippen LogP contribution in [0, 0.1) is 5.41 Å². The molecular weight excluding hydrogens is 348 g/mol. The summed E-state index contributed by atoms with van der Waals surface area (Å²) < 4.78 is 6.00. The third kappa shape index (κ3) is 5.76. The van der Waals surface area contributed by atoms with Crippen molar-refractivity contribution in [3.8, 4) is 0 Å². The molecule has 1 saturated carbocycles. The first-order chi connectivity index (χ1) is 13.2. The van der Waals surface area contributed by atoms with E-state index in [2.05, 4.69) is 52.0 Å². The van der Waals surface area contributed by atoms with E-state index in [-0.39, 0.29) is 23.2 Å². The summed E-state index contributed by atoms with van der Waals surface area (Å²) >= 11 is 0. The number of fused-ring (bicyclic) bond motifs is 1. The van der Waals surface area contributed by atoms with Crippen molar-refractivity contribution in [1.29, 1.82) is 0 Å². The van der Waals surface area contributed by atoms with Crippen LogP contribution in [0.5, 0.6) is 0 Å². The van der Waals surface area contributed by atoms with Gasteiger partial charge in [-0.2, -0.15) is 0 Å². The maximum Gasteiger partial charge on any atom is 0.124 e. The third-order valence-electron chi connectivity index (χ3n) is 5.62. The Morgan fingerprint density at radius 2 is 1.68 bits per heavy atom. The summed E-state index contributed by atoms with van der Waals surface area (Å²) in [7, 11) is 0. The normalized spacial score (nSPS) is 31.0. The van der Waals surface area contributed by atoms with E-state index in [9.17, 15) is 9.90 Å². The first-order valence-electron chi connectivity index (χ1n) is 10.0. The topological polar surface area (TPSA) is 49.8 Å². The molecule has 0 amide bonds. The molecular formula is C25H34O3. The third-order valence-corrected chi connectivity index (χ3v) is 5.62. The highest BCUT2D eigenvalue weighted by atomic mass is 16.6. The fourth-order valence-corrected chi connectivity index (χ4v) is 3.82. The van der Waals surface area contributed by atoms with Crippen molar-refractivity contribution in [2.24, 2.45) is 5.41 Å². The van der Waals surface area contributed by atoms with Gasteiger partial charge >= 0.3 is 0 Å². The number of allylic oxidation sites excluding steroid dienone is 11. The Morgan fingerprint density at radius 3 is 2.36 bits per heavy atom. The van der Waals surface area contributed by atoms with Gasteiger partial charge in [0.15, 0.2) is 0 Å². The van der Waals surface area contributed by atoms with Crippen molar-refractivity contribution < 1.29 is 14.6 Å². The number of aliphatic hydroxyl groups is 1. The van der Waals surface area contributed by atoms with Gasteiger partial charge in [0.25, 0.3) is 0 Å². The summed E-state index contributed by atoms with van der Waals surface area (Å²) in [4.78, 5) is 10.4. The second-order valence-electron chi connectivity index (χ2n) is 8.66. The van der Waals surface area contributed by atoms with Crippen LogP contribution in [0.25, 0.3) is 0 Å². The van der Waals surface area contributed by atoms with E-state index in [4.69, 9.17) is 4.74 Å². The molecule has 2 aliphatic rings. The van der Waals surface area contributed by atoms with E-state index in [1.807, 2.05) is 37.3 Å². The predicted molar refractivity (Wildman–Crippen MR) is 116 cm³/mol. The number of carbonyl (C=O) groups is 1. The van der Waals surface area contributed by atoms with Crippen molar-refractivity contribution in [3.05, 3.63) is 71.4 Å². The van der Waals surface area contributed by atoms with Gasteiger partial charge < -0.3 is 14.6 Å². The van der Waals surface area contributed by atoms with Crippen LogP contribution in [-0.4, -0.2) is 29.2 Å². The van der Waals surface area contributed by atoms with Gasteiger partial charge in [0.1, 0.15) is 11.9 Å². The Labute approximate surface area is 169 Å². The second kappa shape index (κ2) is 9.49. The molecule has 0 bridgehead atoms. The molecule has 1 heterocycles. The molecule has 2 fully saturated rings. The summed E-state index contributed by atoms with van der Waals surface area (Å²) in [6.45, 7) is 10.4. The SMILES string of the molecule is CC(/C=C/C=C(C)/C=C/[C@]12OC1C[C@H](O)CC2(C)C)=C\C=C\C=C(/C)CC=O. The Kier molecular flexibility index (Phi) is 7.56. The number of aldehydes is 1.